The van der Waals surface area contributed by atoms with Crippen LogP contribution in [0.25, 0.3) is 22.3 Å². The van der Waals surface area contributed by atoms with Gasteiger partial charge in [0.05, 0.1) is 40.6 Å². The second-order valence-electron chi connectivity index (χ2n) is 11.1. The Morgan fingerprint density at radius 3 is 2.74 bits per heavy atom. The lowest BCUT2D eigenvalue weighted by atomic mass is 9.81. The van der Waals surface area contributed by atoms with E-state index in [1.54, 1.807) is 38.3 Å². The van der Waals surface area contributed by atoms with Crippen molar-refractivity contribution >= 4 is 22.8 Å². The first kappa shape index (κ1) is 24.7. The molecule has 1 aliphatic carbocycles. The number of benzene rings is 1. The first-order valence-corrected chi connectivity index (χ1v) is 12.8. The molecule has 0 fully saturated rings. The molecule has 0 spiro atoms. The van der Waals surface area contributed by atoms with Gasteiger partial charge in [0.25, 0.3) is 5.56 Å². The number of carbonyl (C=O) groups excluding carboxylic acids is 2. The molecule has 3 aromatic rings. The number of esters is 1. The Labute approximate surface area is 217 Å². The topological polar surface area (TPSA) is 137 Å². The number of pyridine rings is 2. The number of hydrogen-bond acceptors (Lipinski definition) is 7. The van der Waals surface area contributed by atoms with Crippen molar-refractivity contribution < 1.29 is 23.8 Å². The van der Waals surface area contributed by atoms with Crippen molar-refractivity contribution in [3.05, 3.63) is 61.7 Å². The number of aliphatic hydroxyl groups is 1. The van der Waals surface area contributed by atoms with Crippen LogP contribution in [0, 0.1) is 12.7 Å². The van der Waals surface area contributed by atoms with Crippen molar-refractivity contribution in [1.82, 2.24) is 14.9 Å². The number of aryl methyl sites for hydroxylation is 1. The molecular weight excluding hydrogens is 491 g/mol. The van der Waals surface area contributed by atoms with E-state index in [9.17, 15) is 23.9 Å². The van der Waals surface area contributed by atoms with Crippen LogP contribution in [-0.4, -0.2) is 32.1 Å². The number of hydrogen-bond donors (Lipinski definition) is 3. The smallest absolute Gasteiger partial charge is 0.343 e. The molecule has 198 valence electrons. The normalized spacial score (nSPS) is 21.6. The minimum atomic E-state index is -1.95. The Morgan fingerprint density at radius 2 is 2.05 bits per heavy atom. The summed E-state index contributed by atoms with van der Waals surface area (Å²) < 4.78 is 21.7. The Hall–Kier alpha value is -3.63. The number of aromatic nitrogens is 2. The molecule has 2 aliphatic heterocycles. The number of halogens is 1. The summed E-state index contributed by atoms with van der Waals surface area (Å²) in [7, 11) is 0. The molecular formula is C28H29FN4O5. The van der Waals surface area contributed by atoms with Crippen LogP contribution in [0.15, 0.2) is 16.9 Å². The highest BCUT2D eigenvalue weighted by Gasteiger charge is 2.46. The summed E-state index contributed by atoms with van der Waals surface area (Å²) in [6.07, 6.45) is 1.11. The number of nitrogens with two attached hydrogens (primary N) is 1. The number of nitrogens with zero attached hydrogens (tertiary/aromatic N) is 2. The molecule has 2 aromatic heterocycles. The maximum atomic E-state index is 15.0. The van der Waals surface area contributed by atoms with Crippen LogP contribution < -0.4 is 16.6 Å². The summed E-state index contributed by atoms with van der Waals surface area (Å²) >= 11 is 0. The molecule has 10 heteroatoms. The number of ether oxygens (including phenoxy) is 1. The van der Waals surface area contributed by atoms with Gasteiger partial charge in [0.2, 0.25) is 5.91 Å². The lowest BCUT2D eigenvalue weighted by Gasteiger charge is -2.31. The van der Waals surface area contributed by atoms with Crippen LogP contribution in [0.2, 0.25) is 0 Å². The number of cyclic esters (lactones) is 1. The molecule has 0 unspecified atom stereocenters. The van der Waals surface area contributed by atoms with Crippen LogP contribution >= 0.6 is 0 Å². The summed E-state index contributed by atoms with van der Waals surface area (Å²) in [5.41, 5.74) is 7.31. The quantitative estimate of drug-likeness (QED) is 0.353. The van der Waals surface area contributed by atoms with Crippen molar-refractivity contribution in [3.63, 3.8) is 0 Å². The number of rotatable bonds is 3. The molecule has 4 N–H and O–H groups in total. The molecule has 1 aromatic carbocycles. The molecule has 9 nitrogen and oxygen atoms in total. The zero-order valence-corrected chi connectivity index (χ0v) is 21.7. The van der Waals surface area contributed by atoms with Crippen molar-refractivity contribution in [3.8, 4) is 11.4 Å². The van der Waals surface area contributed by atoms with Crippen LogP contribution in [0.5, 0.6) is 0 Å². The van der Waals surface area contributed by atoms with E-state index in [0.29, 0.717) is 35.3 Å². The monoisotopic (exact) mass is 520 g/mol. The fourth-order valence-electron chi connectivity index (χ4n) is 6.04. The second-order valence-corrected chi connectivity index (χ2v) is 11.1. The van der Waals surface area contributed by atoms with E-state index in [2.05, 4.69) is 5.32 Å². The Morgan fingerprint density at radius 1 is 1.32 bits per heavy atom. The zero-order valence-electron chi connectivity index (χ0n) is 21.7. The fraction of sp³-hybridized carbons (Fsp3) is 0.429. The number of nitrogens with one attached hydrogen (secondary N) is 1. The number of amides is 1. The van der Waals surface area contributed by atoms with Gasteiger partial charge in [-0.1, -0.05) is 6.92 Å². The van der Waals surface area contributed by atoms with E-state index < -0.39 is 23.2 Å². The van der Waals surface area contributed by atoms with Crippen molar-refractivity contribution in [1.29, 1.82) is 0 Å². The molecule has 0 bridgehead atoms. The van der Waals surface area contributed by atoms with Gasteiger partial charge in [0.1, 0.15) is 12.4 Å². The average Bonchev–Trinajstić information content (AvgIpc) is 3.23. The van der Waals surface area contributed by atoms with Crippen LogP contribution in [-0.2, 0) is 39.5 Å². The van der Waals surface area contributed by atoms with Gasteiger partial charge in [0, 0.05) is 22.6 Å². The Bertz CT molecular complexity index is 1650. The minimum absolute atomic E-state index is 0.0296. The molecule has 3 aliphatic rings. The van der Waals surface area contributed by atoms with Crippen molar-refractivity contribution in [2.75, 3.05) is 0 Å². The highest BCUT2D eigenvalue weighted by Crippen LogP contribution is 2.46. The second kappa shape index (κ2) is 7.94. The van der Waals surface area contributed by atoms with E-state index in [4.69, 9.17) is 15.5 Å². The van der Waals surface area contributed by atoms with E-state index in [1.165, 1.54) is 6.07 Å². The largest absolute Gasteiger partial charge is 0.458 e. The van der Waals surface area contributed by atoms with Gasteiger partial charge < -0.3 is 25.5 Å². The van der Waals surface area contributed by atoms with Gasteiger partial charge in [-0.05, 0) is 62.8 Å². The Kier molecular flexibility index (Phi) is 5.16. The highest BCUT2D eigenvalue weighted by atomic mass is 19.1. The predicted octanol–water partition coefficient (Wildman–Crippen LogP) is 2.37. The number of carbonyl (C=O) groups is 2. The van der Waals surface area contributed by atoms with Gasteiger partial charge in [-0.15, -0.1) is 0 Å². The molecule has 6 rings (SSSR count). The molecule has 4 heterocycles. The van der Waals surface area contributed by atoms with Gasteiger partial charge in [-0.2, -0.15) is 0 Å². The van der Waals surface area contributed by atoms with Crippen molar-refractivity contribution in [2.24, 2.45) is 5.73 Å². The van der Waals surface area contributed by atoms with E-state index >= 15 is 0 Å². The first-order chi connectivity index (χ1) is 17.9. The third kappa shape index (κ3) is 3.23. The third-order valence-corrected chi connectivity index (χ3v) is 8.27. The maximum absolute atomic E-state index is 15.0. The van der Waals surface area contributed by atoms with Gasteiger partial charge >= 0.3 is 5.97 Å². The lowest BCUT2D eigenvalue weighted by Crippen LogP contribution is -2.50. The molecule has 38 heavy (non-hydrogen) atoms. The van der Waals surface area contributed by atoms with Gasteiger partial charge in [-0.3, -0.25) is 9.59 Å². The molecule has 1 amide bonds. The lowest BCUT2D eigenvalue weighted by molar-refractivity contribution is -0.172. The highest BCUT2D eigenvalue weighted by molar-refractivity contribution is 5.94. The van der Waals surface area contributed by atoms with Crippen molar-refractivity contribution in [2.45, 2.75) is 77.3 Å². The third-order valence-electron chi connectivity index (χ3n) is 8.27. The zero-order chi connectivity index (χ0) is 27.3. The summed E-state index contributed by atoms with van der Waals surface area (Å²) in [4.78, 5) is 43.9. The van der Waals surface area contributed by atoms with E-state index in [0.717, 1.165) is 22.1 Å². The van der Waals surface area contributed by atoms with Crippen LogP contribution in [0.4, 0.5) is 4.39 Å². The van der Waals surface area contributed by atoms with E-state index in [1.807, 2.05) is 0 Å². The van der Waals surface area contributed by atoms with E-state index in [-0.39, 0.29) is 48.0 Å². The average molecular weight is 521 g/mol. The predicted molar refractivity (Wildman–Crippen MR) is 137 cm³/mol. The molecule has 0 saturated heterocycles. The summed E-state index contributed by atoms with van der Waals surface area (Å²) in [5, 5.41) is 15.0. The standard InChI is InChI=1S/C28H29FN4O5/c1-5-28(37)16-8-20-23-14(10-33(20)24(34)15(16)11-38-26(28)36)22-18(32-25(35)27(3,4)30)7-6-13-12(2)17(29)9-19(31-23)21(13)22/h8-9,18,37H,5-7,10-11,30H2,1-4H3,(H,32,35)/t18-,28-/m0/s1. The number of fused-ring (bicyclic) bond motifs is 5. The Balaban J connectivity index is 1.64. The van der Waals surface area contributed by atoms with Gasteiger partial charge in [0.15, 0.2) is 5.60 Å². The molecule has 2 atom stereocenters. The minimum Gasteiger partial charge on any atom is -0.458 e. The maximum Gasteiger partial charge on any atom is 0.343 e. The molecule has 0 radical (unpaired) electrons. The SMILES string of the molecule is CC[C@@]1(O)C(=O)OCc2c1cc1n(c2=O)Cc2c-1nc1cc(F)c(C)c3c1c2[C@@H](NC(=O)C(C)(C)N)CC3. The molecule has 0 saturated carbocycles. The van der Waals surface area contributed by atoms with Crippen LogP contribution in [0.3, 0.4) is 0 Å². The van der Waals surface area contributed by atoms with Crippen LogP contribution in [0.1, 0.15) is 73.0 Å². The summed E-state index contributed by atoms with van der Waals surface area (Å²) in [6.45, 7) is 6.59. The van der Waals surface area contributed by atoms with Gasteiger partial charge in [-0.25, -0.2) is 14.2 Å². The fourth-order valence-corrected chi connectivity index (χ4v) is 6.04. The summed E-state index contributed by atoms with van der Waals surface area (Å²) in [5.74, 6) is -1.50. The summed E-state index contributed by atoms with van der Waals surface area (Å²) in [6, 6.07) is 2.59. The first-order valence-electron chi connectivity index (χ1n) is 12.8.